The van der Waals surface area contributed by atoms with E-state index in [1.165, 1.54) is 0 Å². The van der Waals surface area contributed by atoms with Gasteiger partial charge >= 0.3 is 6.16 Å². The largest absolute Gasteiger partial charge is 0.503 e. The smallest absolute Gasteiger partial charge is 0.450 e. The van der Waals surface area contributed by atoms with E-state index in [4.69, 9.17) is 15.0 Å². The first kappa shape index (κ1) is 17.9. The van der Waals surface area contributed by atoms with Gasteiger partial charge in [-0.3, -0.25) is 0 Å². The van der Waals surface area contributed by atoms with Gasteiger partial charge in [-0.1, -0.05) is 6.08 Å². The molecule has 0 aliphatic carbocycles. The Morgan fingerprint density at radius 2 is 1.54 bits per heavy atom. The second-order valence-electron chi connectivity index (χ2n) is 1.73. The summed E-state index contributed by atoms with van der Waals surface area (Å²) < 4.78 is 9.35. The average molecular weight is 194 g/mol. The lowest BCUT2D eigenvalue weighted by Gasteiger charge is -2.03. The quantitative estimate of drug-likeness (QED) is 0.519. The Labute approximate surface area is 78.6 Å². The zero-order chi connectivity index (χ0) is 11.3. The monoisotopic (exact) mass is 194 g/mol. The molecule has 0 rings (SSSR count). The molecule has 0 aliphatic heterocycles. The van der Waals surface area contributed by atoms with Gasteiger partial charge in [0.2, 0.25) is 0 Å². The van der Waals surface area contributed by atoms with E-state index in [1.807, 2.05) is 13.8 Å². The fraction of sp³-hybridized carbons (Fsp3) is 0.625. The summed E-state index contributed by atoms with van der Waals surface area (Å²) >= 11 is 0. The normalized spacial score (nSPS) is 7.46. The Balaban J connectivity index is -0.000000125. The Morgan fingerprint density at radius 1 is 1.38 bits per heavy atom. The Kier molecular flexibility index (Phi) is 23.6. The van der Waals surface area contributed by atoms with Gasteiger partial charge < -0.3 is 19.7 Å². The van der Waals surface area contributed by atoms with Crippen molar-refractivity contribution in [1.82, 2.24) is 0 Å². The Morgan fingerprint density at radius 3 is 1.54 bits per heavy atom. The molecule has 80 valence electrons. The summed E-state index contributed by atoms with van der Waals surface area (Å²) in [6.07, 6.45) is -0.148. The van der Waals surface area contributed by atoms with Gasteiger partial charge in [-0.25, -0.2) is 4.79 Å². The van der Waals surface area contributed by atoms with E-state index >= 15 is 0 Å². The molecular formula is C8H18O5. The first-order valence-electron chi connectivity index (χ1n) is 3.50. The van der Waals surface area contributed by atoms with E-state index < -0.39 is 6.16 Å². The molecule has 0 aromatic rings. The molecule has 0 amide bonds. The molecule has 0 saturated carbocycles. The lowest BCUT2D eigenvalue weighted by molar-refractivity contribution is -0.0877. The lowest BCUT2D eigenvalue weighted by Crippen LogP contribution is -2.05. The number of hydrogen-bond donors (Lipinski definition) is 2. The number of ether oxygens (including phenoxy) is 2. The van der Waals surface area contributed by atoms with Crippen molar-refractivity contribution in [1.29, 1.82) is 0 Å². The molecule has 0 atom stereocenters. The summed E-state index contributed by atoms with van der Waals surface area (Å²) in [7, 11) is 3.21. The summed E-state index contributed by atoms with van der Waals surface area (Å²) in [5, 5.41) is 13.9. The molecule has 0 aliphatic rings. The van der Waals surface area contributed by atoms with E-state index in [0.717, 1.165) is 0 Å². The predicted octanol–water partition coefficient (Wildman–Crippen LogP) is 2.04. The van der Waals surface area contributed by atoms with E-state index in [9.17, 15) is 0 Å². The van der Waals surface area contributed by atoms with Crippen LogP contribution in [-0.2, 0) is 9.47 Å². The molecule has 5 heteroatoms. The molecule has 0 bridgehead atoms. The lowest BCUT2D eigenvalue weighted by atomic mass is 10.8. The van der Waals surface area contributed by atoms with Gasteiger partial charge in [0.05, 0.1) is 0 Å². The fourth-order valence-electron chi connectivity index (χ4n) is 0.0962. The van der Waals surface area contributed by atoms with Crippen molar-refractivity contribution in [3.05, 3.63) is 12.7 Å². The topological polar surface area (TPSA) is 76.0 Å². The third-order valence-electron chi connectivity index (χ3n) is 0.664. The van der Waals surface area contributed by atoms with Crippen LogP contribution < -0.4 is 0 Å². The molecule has 0 fully saturated rings. The summed E-state index contributed by atoms with van der Waals surface area (Å²) in [5.41, 5.74) is 0. The first-order chi connectivity index (χ1) is 5.95. The van der Waals surface area contributed by atoms with Crippen molar-refractivity contribution in [2.45, 2.75) is 20.1 Å². The number of allylic oxidation sites excluding steroid dienone is 1. The maximum atomic E-state index is 8.56. The SMILES string of the molecule is C=CC.COC(C)OC.O=C(O)O. The summed E-state index contributed by atoms with van der Waals surface area (Å²) in [6.45, 7) is 7.08. The van der Waals surface area contributed by atoms with Crippen molar-refractivity contribution in [2.75, 3.05) is 14.2 Å². The van der Waals surface area contributed by atoms with Gasteiger partial charge in [0.25, 0.3) is 0 Å². The van der Waals surface area contributed by atoms with E-state index in [2.05, 4.69) is 16.1 Å². The standard InChI is InChI=1S/C4H10O2.C3H6.CH2O3/c1-4(5-2)6-3;1-3-2;2-1(3)4/h4H,1-3H3;3H,1H2,2H3;(H2,2,3,4). The van der Waals surface area contributed by atoms with Crippen LogP contribution in [-0.4, -0.2) is 36.9 Å². The molecule has 13 heavy (non-hydrogen) atoms. The summed E-state index contributed by atoms with van der Waals surface area (Å²) in [5.74, 6) is 0. The van der Waals surface area contributed by atoms with Gasteiger partial charge in [-0.15, -0.1) is 6.58 Å². The van der Waals surface area contributed by atoms with Crippen LogP contribution in [0, 0.1) is 0 Å². The molecular weight excluding hydrogens is 176 g/mol. The van der Waals surface area contributed by atoms with Crippen molar-refractivity contribution >= 4 is 6.16 Å². The van der Waals surface area contributed by atoms with Crippen LogP contribution in [0.15, 0.2) is 12.7 Å². The molecule has 0 radical (unpaired) electrons. The van der Waals surface area contributed by atoms with Gasteiger partial charge in [0.15, 0.2) is 6.29 Å². The minimum absolute atomic E-state index is 0.0648. The number of methoxy groups -OCH3 is 2. The van der Waals surface area contributed by atoms with Gasteiger partial charge in [-0.2, -0.15) is 0 Å². The van der Waals surface area contributed by atoms with Gasteiger partial charge in [0.1, 0.15) is 0 Å². The predicted molar refractivity (Wildman–Crippen MR) is 50.0 cm³/mol. The number of carboxylic acid groups (broad SMARTS) is 2. The number of carbonyl (C=O) groups is 1. The second kappa shape index (κ2) is 17.1. The van der Waals surface area contributed by atoms with Crippen LogP contribution in [0.4, 0.5) is 4.79 Å². The maximum absolute atomic E-state index is 8.56. The minimum atomic E-state index is -1.83. The summed E-state index contributed by atoms with van der Waals surface area (Å²) in [4.78, 5) is 8.56. The van der Waals surface area contributed by atoms with E-state index in [-0.39, 0.29) is 6.29 Å². The molecule has 0 heterocycles. The van der Waals surface area contributed by atoms with Crippen molar-refractivity contribution in [3.8, 4) is 0 Å². The average Bonchev–Trinajstić information content (AvgIpc) is 2.03. The van der Waals surface area contributed by atoms with Crippen LogP contribution >= 0.6 is 0 Å². The zero-order valence-electron chi connectivity index (χ0n) is 8.48. The van der Waals surface area contributed by atoms with E-state index in [1.54, 1.807) is 20.3 Å². The number of rotatable bonds is 2. The third kappa shape index (κ3) is 102. The summed E-state index contributed by atoms with van der Waals surface area (Å²) in [6, 6.07) is 0. The van der Waals surface area contributed by atoms with Gasteiger partial charge in [-0.05, 0) is 13.8 Å². The highest BCUT2D eigenvalue weighted by Crippen LogP contribution is 1.82. The molecule has 0 unspecified atom stereocenters. The highest BCUT2D eigenvalue weighted by molar-refractivity contribution is 5.53. The molecule has 0 aromatic heterocycles. The maximum Gasteiger partial charge on any atom is 0.503 e. The zero-order valence-corrected chi connectivity index (χ0v) is 8.48. The Bertz CT molecular complexity index is 105. The van der Waals surface area contributed by atoms with Crippen molar-refractivity contribution in [3.63, 3.8) is 0 Å². The van der Waals surface area contributed by atoms with Crippen LogP contribution in [0.25, 0.3) is 0 Å². The first-order valence-corrected chi connectivity index (χ1v) is 3.50. The highest BCUT2D eigenvalue weighted by Gasteiger charge is 1.87. The van der Waals surface area contributed by atoms with Crippen LogP contribution in [0.3, 0.4) is 0 Å². The van der Waals surface area contributed by atoms with Crippen molar-refractivity contribution in [2.24, 2.45) is 0 Å². The second-order valence-corrected chi connectivity index (χ2v) is 1.73. The highest BCUT2D eigenvalue weighted by atomic mass is 16.7. The number of hydrogen-bond acceptors (Lipinski definition) is 3. The molecule has 5 nitrogen and oxygen atoms in total. The minimum Gasteiger partial charge on any atom is -0.450 e. The molecule has 0 spiro atoms. The van der Waals surface area contributed by atoms with Crippen LogP contribution in [0.2, 0.25) is 0 Å². The molecule has 0 aromatic carbocycles. The van der Waals surface area contributed by atoms with Crippen LogP contribution in [0.1, 0.15) is 13.8 Å². The van der Waals surface area contributed by atoms with Crippen LogP contribution in [0.5, 0.6) is 0 Å². The molecule has 0 saturated heterocycles. The molecule has 2 N–H and O–H groups in total. The Hall–Kier alpha value is -1.07. The van der Waals surface area contributed by atoms with Crippen molar-refractivity contribution < 1.29 is 24.5 Å². The van der Waals surface area contributed by atoms with Gasteiger partial charge in [0, 0.05) is 14.2 Å². The van der Waals surface area contributed by atoms with E-state index in [0.29, 0.717) is 0 Å². The third-order valence-corrected chi connectivity index (χ3v) is 0.664. The fourth-order valence-corrected chi connectivity index (χ4v) is 0.0962.